The molecular formula is C14H15F2N3O. The molecule has 0 aliphatic carbocycles. The Morgan fingerprint density at radius 2 is 2.05 bits per heavy atom. The molecule has 1 heterocycles. The van der Waals surface area contributed by atoms with Crippen molar-refractivity contribution in [3.63, 3.8) is 0 Å². The van der Waals surface area contributed by atoms with Crippen LogP contribution in [0.3, 0.4) is 0 Å². The van der Waals surface area contributed by atoms with Crippen molar-refractivity contribution in [3.8, 4) is 11.6 Å². The van der Waals surface area contributed by atoms with Crippen LogP contribution in [-0.2, 0) is 6.54 Å². The van der Waals surface area contributed by atoms with Crippen molar-refractivity contribution >= 4 is 0 Å². The zero-order chi connectivity index (χ0) is 14.4. The standard InChI is InChI=1S/C14H15F2N3O/c1-2-5-17-7-10-8-18-9-14(19-10)20-11-3-4-12(15)13(16)6-11/h3-4,6,8-9,17H,2,5,7H2,1H3. The Morgan fingerprint density at radius 1 is 1.20 bits per heavy atom. The van der Waals surface area contributed by atoms with Gasteiger partial charge in [0.1, 0.15) is 5.75 Å². The van der Waals surface area contributed by atoms with Gasteiger partial charge in [0.05, 0.1) is 11.9 Å². The highest BCUT2D eigenvalue weighted by Crippen LogP contribution is 2.21. The minimum absolute atomic E-state index is 0.178. The molecule has 6 heteroatoms. The van der Waals surface area contributed by atoms with Crippen molar-refractivity contribution in [1.82, 2.24) is 15.3 Å². The predicted molar refractivity (Wildman–Crippen MR) is 70.5 cm³/mol. The Labute approximate surface area is 115 Å². The van der Waals surface area contributed by atoms with Crippen LogP contribution in [0, 0.1) is 11.6 Å². The second-order valence-corrected chi connectivity index (χ2v) is 4.20. The molecule has 0 bridgehead atoms. The Morgan fingerprint density at radius 3 is 2.80 bits per heavy atom. The van der Waals surface area contributed by atoms with Crippen LogP contribution >= 0.6 is 0 Å². The Bertz CT molecular complexity index is 578. The van der Waals surface area contributed by atoms with Gasteiger partial charge in [0.15, 0.2) is 11.6 Å². The van der Waals surface area contributed by atoms with E-state index >= 15 is 0 Å². The maximum atomic E-state index is 13.1. The van der Waals surface area contributed by atoms with Gasteiger partial charge in [-0.2, -0.15) is 0 Å². The molecule has 0 atom stereocenters. The Hall–Kier alpha value is -2.08. The molecule has 0 fully saturated rings. The summed E-state index contributed by atoms with van der Waals surface area (Å²) in [7, 11) is 0. The first-order valence-electron chi connectivity index (χ1n) is 6.33. The number of nitrogens with one attached hydrogen (secondary N) is 1. The topological polar surface area (TPSA) is 47.0 Å². The predicted octanol–water partition coefficient (Wildman–Crippen LogP) is 3.05. The maximum absolute atomic E-state index is 13.1. The van der Waals surface area contributed by atoms with Gasteiger partial charge in [0.2, 0.25) is 5.88 Å². The van der Waals surface area contributed by atoms with Gasteiger partial charge in [-0.15, -0.1) is 0 Å². The van der Waals surface area contributed by atoms with Crippen molar-refractivity contribution in [3.05, 3.63) is 47.9 Å². The molecule has 0 radical (unpaired) electrons. The summed E-state index contributed by atoms with van der Waals surface area (Å²) in [5.74, 6) is -1.46. The summed E-state index contributed by atoms with van der Waals surface area (Å²) < 4.78 is 31.2. The summed E-state index contributed by atoms with van der Waals surface area (Å²) in [5.41, 5.74) is 0.721. The normalized spacial score (nSPS) is 10.6. The molecule has 20 heavy (non-hydrogen) atoms. The summed E-state index contributed by atoms with van der Waals surface area (Å²) in [6, 6.07) is 3.31. The van der Waals surface area contributed by atoms with E-state index in [2.05, 4.69) is 22.2 Å². The van der Waals surface area contributed by atoms with Crippen LogP contribution in [0.4, 0.5) is 8.78 Å². The molecular weight excluding hydrogens is 264 g/mol. The van der Waals surface area contributed by atoms with E-state index in [4.69, 9.17) is 4.74 Å². The Balaban J connectivity index is 2.05. The second-order valence-electron chi connectivity index (χ2n) is 4.20. The van der Waals surface area contributed by atoms with Crippen LogP contribution in [0.15, 0.2) is 30.6 Å². The van der Waals surface area contributed by atoms with Crippen LogP contribution in [0.5, 0.6) is 11.6 Å². The summed E-state index contributed by atoms with van der Waals surface area (Å²) in [4.78, 5) is 8.23. The van der Waals surface area contributed by atoms with Gasteiger partial charge in [-0.1, -0.05) is 6.92 Å². The first-order chi connectivity index (χ1) is 9.69. The average molecular weight is 279 g/mol. The number of aromatic nitrogens is 2. The van der Waals surface area contributed by atoms with Gasteiger partial charge in [0.25, 0.3) is 0 Å². The van der Waals surface area contributed by atoms with Gasteiger partial charge in [-0.05, 0) is 25.1 Å². The van der Waals surface area contributed by atoms with E-state index in [1.54, 1.807) is 6.20 Å². The van der Waals surface area contributed by atoms with Gasteiger partial charge < -0.3 is 10.1 Å². The van der Waals surface area contributed by atoms with E-state index in [0.717, 1.165) is 30.8 Å². The zero-order valence-corrected chi connectivity index (χ0v) is 11.1. The molecule has 0 unspecified atom stereocenters. The molecule has 1 aromatic carbocycles. The smallest absolute Gasteiger partial charge is 0.238 e. The van der Waals surface area contributed by atoms with E-state index in [1.165, 1.54) is 12.3 Å². The molecule has 106 valence electrons. The van der Waals surface area contributed by atoms with Gasteiger partial charge in [0, 0.05) is 18.8 Å². The van der Waals surface area contributed by atoms with Crippen LogP contribution in [0.25, 0.3) is 0 Å². The van der Waals surface area contributed by atoms with E-state index in [0.29, 0.717) is 6.54 Å². The fourth-order valence-electron chi connectivity index (χ4n) is 1.58. The quantitative estimate of drug-likeness (QED) is 0.826. The maximum Gasteiger partial charge on any atom is 0.238 e. The molecule has 0 amide bonds. The fourth-order valence-corrected chi connectivity index (χ4v) is 1.58. The molecule has 2 aromatic rings. The van der Waals surface area contributed by atoms with E-state index in [9.17, 15) is 8.78 Å². The summed E-state index contributed by atoms with van der Waals surface area (Å²) in [5, 5.41) is 3.19. The highest BCUT2D eigenvalue weighted by atomic mass is 19.2. The molecule has 0 spiro atoms. The minimum atomic E-state index is -0.962. The lowest BCUT2D eigenvalue weighted by molar-refractivity contribution is 0.443. The van der Waals surface area contributed by atoms with Gasteiger partial charge in [-0.3, -0.25) is 4.98 Å². The van der Waals surface area contributed by atoms with Gasteiger partial charge in [-0.25, -0.2) is 13.8 Å². The highest BCUT2D eigenvalue weighted by Gasteiger charge is 2.06. The van der Waals surface area contributed by atoms with E-state index in [1.807, 2.05) is 0 Å². The molecule has 1 aromatic heterocycles. The lowest BCUT2D eigenvalue weighted by atomic mass is 10.3. The average Bonchev–Trinajstić information content (AvgIpc) is 2.44. The summed E-state index contributed by atoms with van der Waals surface area (Å²) in [6.45, 7) is 3.53. The number of nitrogens with zero attached hydrogens (tertiary/aromatic N) is 2. The fraction of sp³-hybridized carbons (Fsp3) is 0.286. The third-order valence-electron chi connectivity index (χ3n) is 2.51. The number of hydrogen-bond donors (Lipinski definition) is 1. The molecule has 0 aliphatic rings. The number of halogens is 2. The summed E-state index contributed by atoms with van der Waals surface area (Å²) >= 11 is 0. The van der Waals surface area contributed by atoms with Crippen molar-refractivity contribution < 1.29 is 13.5 Å². The van der Waals surface area contributed by atoms with Crippen molar-refractivity contribution in [2.24, 2.45) is 0 Å². The van der Waals surface area contributed by atoms with Crippen LogP contribution < -0.4 is 10.1 Å². The summed E-state index contributed by atoms with van der Waals surface area (Å²) in [6.07, 6.45) is 4.07. The van der Waals surface area contributed by atoms with E-state index < -0.39 is 11.6 Å². The third kappa shape index (κ3) is 3.96. The Kier molecular flexibility index (Phi) is 4.95. The highest BCUT2D eigenvalue weighted by molar-refractivity contribution is 5.27. The third-order valence-corrected chi connectivity index (χ3v) is 2.51. The lowest BCUT2D eigenvalue weighted by Gasteiger charge is -2.07. The lowest BCUT2D eigenvalue weighted by Crippen LogP contribution is -2.15. The van der Waals surface area contributed by atoms with Gasteiger partial charge >= 0.3 is 0 Å². The molecule has 0 aliphatic heterocycles. The number of rotatable bonds is 6. The largest absolute Gasteiger partial charge is 0.437 e. The zero-order valence-electron chi connectivity index (χ0n) is 11.1. The molecule has 4 nitrogen and oxygen atoms in total. The molecule has 0 saturated heterocycles. The van der Waals surface area contributed by atoms with Crippen LogP contribution in [0.2, 0.25) is 0 Å². The molecule has 2 rings (SSSR count). The van der Waals surface area contributed by atoms with Crippen LogP contribution in [-0.4, -0.2) is 16.5 Å². The van der Waals surface area contributed by atoms with Crippen molar-refractivity contribution in [2.45, 2.75) is 19.9 Å². The van der Waals surface area contributed by atoms with Crippen LogP contribution in [0.1, 0.15) is 19.0 Å². The first kappa shape index (κ1) is 14.3. The SMILES string of the molecule is CCCNCc1cncc(Oc2ccc(F)c(F)c2)n1. The monoisotopic (exact) mass is 279 g/mol. The number of ether oxygens (including phenoxy) is 1. The minimum Gasteiger partial charge on any atom is -0.437 e. The number of hydrogen-bond acceptors (Lipinski definition) is 4. The van der Waals surface area contributed by atoms with Crippen molar-refractivity contribution in [1.29, 1.82) is 0 Å². The molecule has 1 N–H and O–H groups in total. The van der Waals surface area contributed by atoms with E-state index in [-0.39, 0.29) is 11.6 Å². The van der Waals surface area contributed by atoms with Crippen molar-refractivity contribution in [2.75, 3.05) is 6.54 Å². The second kappa shape index (κ2) is 6.91. The number of benzene rings is 1. The first-order valence-corrected chi connectivity index (χ1v) is 6.33. The molecule has 0 saturated carbocycles.